The van der Waals surface area contributed by atoms with Gasteiger partial charge < -0.3 is 9.73 Å². The molecule has 0 amide bonds. The van der Waals surface area contributed by atoms with Gasteiger partial charge in [0.1, 0.15) is 11.3 Å². The number of hydrogen-bond acceptors (Lipinski definition) is 2. The highest BCUT2D eigenvalue weighted by molar-refractivity contribution is 9.10. The first-order valence-corrected chi connectivity index (χ1v) is 7.13. The largest absolute Gasteiger partial charge is 0.459 e. The first-order chi connectivity index (χ1) is 9.35. The van der Waals surface area contributed by atoms with Gasteiger partial charge in [0, 0.05) is 16.3 Å². The number of rotatable bonds is 5. The third-order valence-electron chi connectivity index (χ3n) is 3.01. The molecule has 1 unspecified atom stereocenters. The maximum Gasteiger partial charge on any atom is 0.389 e. The standard InChI is InChI=1S/C14H15BrF3NO/c1-9(19-6-2-5-14(16,17)18)13-8-10-7-11(15)3-4-12(10)20-13/h3-4,7-9,19H,2,5-6H2,1H3. The van der Waals surface area contributed by atoms with Crippen LogP contribution in [0.5, 0.6) is 0 Å². The first kappa shape index (κ1) is 15.4. The van der Waals surface area contributed by atoms with E-state index < -0.39 is 12.6 Å². The van der Waals surface area contributed by atoms with E-state index in [-0.39, 0.29) is 12.5 Å². The highest BCUT2D eigenvalue weighted by Crippen LogP contribution is 2.26. The van der Waals surface area contributed by atoms with E-state index >= 15 is 0 Å². The molecule has 0 saturated heterocycles. The lowest BCUT2D eigenvalue weighted by atomic mass is 10.2. The molecule has 6 heteroatoms. The van der Waals surface area contributed by atoms with Crippen molar-refractivity contribution in [3.63, 3.8) is 0 Å². The van der Waals surface area contributed by atoms with Crippen LogP contribution in [-0.2, 0) is 0 Å². The molecule has 1 heterocycles. The summed E-state index contributed by atoms with van der Waals surface area (Å²) in [5.41, 5.74) is 0.771. The molecule has 2 rings (SSSR count). The van der Waals surface area contributed by atoms with E-state index in [4.69, 9.17) is 4.42 Å². The average Bonchev–Trinajstić information content (AvgIpc) is 2.76. The van der Waals surface area contributed by atoms with Gasteiger partial charge in [0.2, 0.25) is 0 Å². The summed E-state index contributed by atoms with van der Waals surface area (Å²) in [4.78, 5) is 0. The van der Waals surface area contributed by atoms with E-state index in [1.165, 1.54) is 0 Å². The van der Waals surface area contributed by atoms with Crippen molar-refractivity contribution >= 4 is 26.9 Å². The molecule has 0 spiro atoms. The third kappa shape index (κ3) is 4.24. The predicted octanol–water partition coefficient (Wildman–Crippen LogP) is 5.19. The fraction of sp³-hybridized carbons (Fsp3) is 0.429. The molecule has 0 fully saturated rings. The smallest absolute Gasteiger partial charge is 0.389 e. The second-order valence-electron chi connectivity index (χ2n) is 4.73. The van der Waals surface area contributed by atoms with Crippen LogP contribution in [0.2, 0.25) is 0 Å². The lowest BCUT2D eigenvalue weighted by Crippen LogP contribution is -2.21. The second kappa shape index (κ2) is 6.18. The molecular weight excluding hydrogens is 335 g/mol. The van der Waals surface area contributed by atoms with Crippen molar-refractivity contribution in [2.45, 2.75) is 32.0 Å². The number of furan rings is 1. The maximum atomic E-state index is 12.0. The SMILES string of the molecule is CC(NCCCC(F)(F)F)c1cc2cc(Br)ccc2o1. The van der Waals surface area contributed by atoms with Gasteiger partial charge in [-0.25, -0.2) is 0 Å². The lowest BCUT2D eigenvalue weighted by Gasteiger charge is -2.11. The zero-order valence-corrected chi connectivity index (χ0v) is 12.5. The van der Waals surface area contributed by atoms with Crippen LogP contribution in [0.25, 0.3) is 11.0 Å². The average molecular weight is 350 g/mol. The Bertz CT molecular complexity index is 579. The summed E-state index contributed by atoms with van der Waals surface area (Å²) >= 11 is 3.38. The molecule has 0 aliphatic heterocycles. The van der Waals surface area contributed by atoms with Crippen LogP contribution in [0.1, 0.15) is 31.6 Å². The zero-order chi connectivity index (χ0) is 14.8. The van der Waals surface area contributed by atoms with Gasteiger partial charge in [-0.15, -0.1) is 0 Å². The van der Waals surface area contributed by atoms with Crippen LogP contribution >= 0.6 is 15.9 Å². The van der Waals surface area contributed by atoms with Crippen LogP contribution in [0.3, 0.4) is 0 Å². The van der Waals surface area contributed by atoms with Crippen LogP contribution in [0.15, 0.2) is 33.2 Å². The monoisotopic (exact) mass is 349 g/mol. The maximum absolute atomic E-state index is 12.0. The minimum Gasteiger partial charge on any atom is -0.459 e. The molecule has 0 bridgehead atoms. The number of hydrogen-bond donors (Lipinski definition) is 1. The fourth-order valence-electron chi connectivity index (χ4n) is 1.96. The van der Waals surface area contributed by atoms with Crippen molar-refractivity contribution in [3.8, 4) is 0 Å². The van der Waals surface area contributed by atoms with Crippen molar-refractivity contribution in [2.75, 3.05) is 6.54 Å². The van der Waals surface area contributed by atoms with Gasteiger partial charge in [-0.2, -0.15) is 13.2 Å². The summed E-state index contributed by atoms with van der Waals surface area (Å²) in [5, 5.41) is 4.01. The summed E-state index contributed by atoms with van der Waals surface area (Å²) < 4.78 is 42.7. The Morgan fingerprint density at radius 1 is 1.30 bits per heavy atom. The molecule has 0 aliphatic rings. The first-order valence-electron chi connectivity index (χ1n) is 6.34. The van der Waals surface area contributed by atoms with E-state index in [9.17, 15) is 13.2 Å². The fourth-order valence-corrected chi connectivity index (χ4v) is 2.33. The van der Waals surface area contributed by atoms with E-state index in [2.05, 4.69) is 21.2 Å². The molecule has 110 valence electrons. The summed E-state index contributed by atoms with van der Waals surface area (Å²) in [6.07, 6.45) is -4.78. The summed E-state index contributed by atoms with van der Waals surface area (Å²) in [6, 6.07) is 7.48. The molecule has 1 atom stereocenters. The van der Waals surface area contributed by atoms with Crippen LogP contribution < -0.4 is 5.32 Å². The zero-order valence-electron chi connectivity index (χ0n) is 10.9. The van der Waals surface area contributed by atoms with Crippen molar-refractivity contribution in [1.82, 2.24) is 5.32 Å². The highest BCUT2D eigenvalue weighted by Gasteiger charge is 2.26. The number of nitrogens with one attached hydrogen (secondary N) is 1. The van der Waals surface area contributed by atoms with E-state index in [1.807, 2.05) is 31.2 Å². The summed E-state index contributed by atoms with van der Waals surface area (Å²) in [5.74, 6) is 0.727. The molecule has 1 aromatic carbocycles. The van der Waals surface area contributed by atoms with E-state index in [0.29, 0.717) is 6.54 Å². The van der Waals surface area contributed by atoms with Gasteiger partial charge in [0.25, 0.3) is 0 Å². The molecule has 0 saturated carbocycles. The van der Waals surface area contributed by atoms with Gasteiger partial charge in [-0.3, -0.25) is 0 Å². The molecule has 0 radical (unpaired) electrons. The number of halogens is 4. The van der Waals surface area contributed by atoms with E-state index in [0.717, 1.165) is 21.2 Å². The lowest BCUT2D eigenvalue weighted by molar-refractivity contribution is -0.135. The minimum atomic E-state index is -4.09. The van der Waals surface area contributed by atoms with Crippen molar-refractivity contribution in [2.24, 2.45) is 0 Å². The van der Waals surface area contributed by atoms with Crippen LogP contribution in [0.4, 0.5) is 13.2 Å². The Labute approximate surface area is 123 Å². The van der Waals surface area contributed by atoms with Crippen molar-refractivity contribution in [3.05, 3.63) is 34.5 Å². The molecule has 0 aliphatic carbocycles. The topological polar surface area (TPSA) is 25.2 Å². The van der Waals surface area contributed by atoms with Crippen LogP contribution in [-0.4, -0.2) is 12.7 Å². The molecule has 2 nitrogen and oxygen atoms in total. The van der Waals surface area contributed by atoms with E-state index in [1.54, 1.807) is 0 Å². The third-order valence-corrected chi connectivity index (χ3v) is 3.50. The Hall–Kier alpha value is -1.01. The number of benzene rings is 1. The summed E-state index contributed by atoms with van der Waals surface area (Å²) in [6.45, 7) is 2.18. The number of fused-ring (bicyclic) bond motifs is 1. The highest BCUT2D eigenvalue weighted by atomic mass is 79.9. The molecule has 2 aromatic rings. The molecule has 1 aromatic heterocycles. The Morgan fingerprint density at radius 3 is 2.75 bits per heavy atom. The Morgan fingerprint density at radius 2 is 2.05 bits per heavy atom. The van der Waals surface area contributed by atoms with Gasteiger partial charge >= 0.3 is 6.18 Å². The molecular formula is C14H15BrF3NO. The van der Waals surface area contributed by atoms with Gasteiger partial charge in [0.15, 0.2) is 0 Å². The minimum absolute atomic E-state index is 0.0691. The number of alkyl halides is 3. The van der Waals surface area contributed by atoms with Crippen molar-refractivity contribution < 1.29 is 17.6 Å². The van der Waals surface area contributed by atoms with Crippen LogP contribution in [0, 0.1) is 0 Å². The van der Waals surface area contributed by atoms with Gasteiger partial charge in [-0.05, 0) is 44.2 Å². The quantitative estimate of drug-likeness (QED) is 0.751. The normalized spacial score (nSPS) is 13.8. The van der Waals surface area contributed by atoms with Crippen molar-refractivity contribution in [1.29, 1.82) is 0 Å². The van der Waals surface area contributed by atoms with Gasteiger partial charge in [0.05, 0.1) is 6.04 Å². The Balaban J connectivity index is 1.92. The Kier molecular flexibility index (Phi) is 4.75. The molecule has 1 N–H and O–H groups in total. The van der Waals surface area contributed by atoms with Gasteiger partial charge in [-0.1, -0.05) is 15.9 Å². The summed E-state index contributed by atoms with van der Waals surface area (Å²) in [7, 11) is 0. The second-order valence-corrected chi connectivity index (χ2v) is 5.64. The predicted molar refractivity (Wildman–Crippen MR) is 75.6 cm³/mol. The molecule has 20 heavy (non-hydrogen) atoms.